The minimum absolute atomic E-state index is 0.0261. The fourth-order valence-electron chi connectivity index (χ4n) is 2.47. The Morgan fingerprint density at radius 1 is 1.59 bits per heavy atom. The monoisotopic (exact) mass is 237 g/mol. The Bertz CT molecular complexity index is 397. The maximum Gasteiger partial charge on any atom is 0.257 e. The molecule has 1 saturated heterocycles. The van der Waals surface area contributed by atoms with Crippen LogP contribution in [0.1, 0.15) is 42.3 Å². The Morgan fingerprint density at radius 2 is 2.35 bits per heavy atom. The molecule has 1 amide bonds. The molecule has 0 aliphatic carbocycles. The maximum absolute atomic E-state index is 12.4. The second kappa shape index (κ2) is 4.92. The summed E-state index contributed by atoms with van der Waals surface area (Å²) in [5, 5.41) is 9.75. The van der Waals surface area contributed by atoms with Gasteiger partial charge >= 0.3 is 0 Å². The third kappa shape index (κ3) is 2.36. The van der Waals surface area contributed by atoms with E-state index >= 15 is 0 Å². The number of aliphatic hydroxyl groups is 1. The average molecular weight is 237 g/mol. The normalized spacial score (nSPS) is 22.5. The van der Waals surface area contributed by atoms with Gasteiger partial charge in [-0.1, -0.05) is 0 Å². The molecule has 1 aliphatic rings. The summed E-state index contributed by atoms with van der Waals surface area (Å²) in [5.74, 6) is 0.617. The number of amides is 1. The molecule has 2 heterocycles. The van der Waals surface area contributed by atoms with Crippen LogP contribution in [0.4, 0.5) is 0 Å². The van der Waals surface area contributed by atoms with E-state index < -0.39 is 6.10 Å². The number of carbonyl (C=O) groups is 1. The van der Waals surface area contributed by atoms with Crippen molar-refractivity contribution in [1.82, 2.24) is 4.90 Å². The number of likely N-dealkylation sites (tertiary alicyclic amines) is 1. The summed E-state index contributed by atoms with van der Waals surface area (Å²) in [7, 11) is 0. The summed E-state index contributed by atoms with van der Waals surface area (Å²) in [4.78, 5) is 14.1. The van der Waals surface area contributed by atoms with Gasteiger partial charge in [-0.15, -0.1) is 0 Å². The van der Waals surface area contributed by atoms with Gasteiger partial charge in [-0.3, -0.25) is 4.79 Å². The molecule has 2 atom stereocenters. The van der Waals surface area contributed by atoms with Crippen molar-refractivity contribution in [2.75, 3.05) is 6.54 Å². The molecule has 0 bridgehead atoms. The van der Waals surface area contributed by atoms with Crippen molar-refractivity contribution < 1.29 is 14.3 Å². The molecule has 1 aliphatic heterocycles. The van der Waals surface area contributed by atoms with Gasteiger partial charge in [-0.25, -0.2) is 0 Å². The molecule has 0 saturated carbocycles. The van der Waals surface area contributed by atoms with Crippen LogP contribution in [-0.2, 0) is 0 Å². The zero-order valence-electron chi connectivity index (χ0n) is 10.3. The summed E-state index contributed by atoms with van der Waals surface area (Å²) in [5.41, 5.74) is 0.609. The van der Waals surface area contributed by atoms with Gasteiger partial charge in [0.15, 0.2) is 0 Å². The number of furan rings is 1. The van der Waals surface area contributed by atoms with E-state index in [-0.39, 0.29) is 11.9 Å². The Balaban J connectivity index is 2.20. The molecule has 0 aromatic carbocycles. The van der Waals surface area contributed by atoms with Crippen LogP contribution in [0.5, 0.6) is 0 Å². The van der Waals surface area contributed by atoms with E-state index in [4.69, 9.17) is 4.42 Å². The molecule has 1 N–H and O–H groups in total. The van der Waals surface area contributed by atoms with Gasteiger partial charge in [0.2, 0.25) is 0 Å². The SMILES string of the molecule is Cc1occc1C(=O)N1CCCC[C@@H]1[C@H](C)O. The predicted octanol–water partition coefficient (Wildman–Crippen LogP) is 1.96. The van der Waals surface area contributed by atoms with E-state index in [1.54, 1.807) is 24.8 Å². The average Bonchev–Trinajstić information content (AvgIpc) is 2.74. The number of nitrogens with zero attached hydrogens (tertiary/aromatic N) is 1. The van der Waals surface area contributed by atoms with E-state index in [9.17, 15) is 9.90 Å². The van der Waals surface area contributed by atoms with Crippen molar-refractivity contribution in [3.63, 3.8) is 0 Å². The van der Waals surface area contributed by atoms with Crippen LogP contribution < -0.4 is 0 Å². The second-order valence-electron chi connectivity index (χ2n) is 4.69. The molecule has 1 fully saturated rings. The quantitative estimate of drug-likeness (QED) is 0.855. The largest absolute Gasteiger partial charge is 0.469 e. The number of aliphatic hydroxyl groups excluding tert-OH is 1. The summed E-state index contributed by atoms with van der Waals surface area (Å²) < 4.78 is 5.16. The van der Waals surface area contributed by atoms with Crippen molar-refractivity contribution in [3.05, 3.63) is 23.7 Å². The van der Waals surface area contributed by atoms with Crippen LogP contribution >= 0.6 is 0 Å². The number of hydrogen-bond acceptors (Lipinski definition) is 3. The Hall–Kier alpha value is -1.29. The lowest BCUT2D eigenvalue weighted by Crippen LogP contribution is -2.48. The lowest BCUT2D eigenvalue weighted by Gasteiger charge is -2.37. The molecule has 17 heavy (non-hydrogen) atoms. The van der Waals surface area contributed by atoms with Crippen molar-refractivity contribution in [2.24, 2.45) is 0 Å². The highest BCUT2D eigenvalue weighted by Gasteiger charge is 2.31. The highest BCUT2D eigenvalue weighted by molar-refractivity contribution is 5.95. The first-order valence-corrected chi connectivity index (χ1v) is 6.14. The van der Waals surface area contributed by atoms with E-state index in [0.29, 0.717) is 11.3 Å². The van der Waals surface area contributed by atoms with Gasteiger partial charge in [0, 0.05) is 6.54 Å². The van der Waals surface area contributed by atoms with E-state index in [1.165, 1.54) is 6.26 Å². The molecule has 1 aromatic heterocycles. The first kappa shape index (κ1) is 12.2. The fourth-order valence-corrected chi connectivity index (χ4v) is 2.47. The van der Waals surface area contributed by atoms with Gasteiger partial charge in [0.25, 0.3) is 5.91 Å². The highest BCUT2D eigenvalue weighted by Crippen LogP contribution is 2.23. The smallest absolute Gasteiger partial charge is 0.257 e. The van der Waals surface area contributed by atoms with Crippen LogP contribution in [0.3, 0.4) is 0 Å². The molecule has 0 spiro atoms. The minimum Gasteiger partial charge on any atom is -0.469 e. The number of hydrogen-bond donors (Lipinski definition) is 1. The molecule has 2 rings (SSSR count). The Kier molecular flexibility index (Phi) is 3.52. The van der Waals surface area contributed by atoms with Gasteiger partial charge in [-0.05, 0) is 39.2 Å². The zero-order valence-corrected chi connectivity index (χ0v) is 10.3. The fraction of sp³-hybridized carbons (Fsp3) is 0.615. The Morgan fingerprint density at radius 3 is 2.94 bits per heavy atom. The van der Waals surface area contributed by atoms with Crippen LogP contribution in [-0.4, -0.2) is 34.6 Å². The third-order valence-electron chi connectivity index (χ3n) is 3.46. The molecule has 94 valence electrons. The Labute approximate surface area is 101 Å². The van der Waals surface area contributed by atoms with Crippen LogP contribution in [0, 0.1) is 6.92 Å². The van der Waals surface area contributed by atoms with Crippen molar-refractivity contribution in [1.29, 1.82) is 0 Å². The van der Waals surface area contributed by atoms with Gasteiger partial charge in [0.1, 0.15) is 5.76 Å². The predicted molar refractivity (Wildman–Crippen MR) is 63.8 cm³/mol. The lowest BCUT2D eigenvalue weighted by molar-refractivity contribution is 0.0279. The number of carbonyl (C=O) groups excluding carboxylic acids is 1. The maximum atomic E-state index is 12.4. The van der Waals surface area contributed by atoms with Crippen molar-refractivity contribution >= 4 is 5.91 Å². The number of rotatable bonds is 2. The minimum atomic E-state index is -0.480. The van der Waals surface area contributed by atoms with Gasteiger partial charge in [-0.2, -0.15) is 0 Å². The first-order valence-electron chi connectivity index (χ1n) is 6.14. The van der Waals surface area contributed by atoms with E-state index in [0.717, 1.165) is 25.8 Å². The topological polar surface area (TPSA) is 53.7 Å². The van der Waals surface area contributed by atoms with Crippen LogP contribution in [0.15, 0.2) is 16.7 Å². The summed E-state index contributed by atoms with van der Waals surface area (Å²) in [6.45, 7) is 4.26. The molecule has 0 unspecified atom stereocenters. The van der Waals surface area contributed by atoms with Crippen LogP contribution in [0.25, 0.3) is 0 Å². The van der Waals surface area contributed by atoms with E-state index in [1.807, 2.05) is 0 Å². The molecule has 0 radical (unpaired) electrons. The summed E-state index contributed by atoms with van der Waals surface area (Å²) in [6.07, 6.45) is 4.01. The molecule has 4 heteroatoms. The summed E-state index contributed by atoms with van der Waals surface area (Å²) >= 11 is 0. The highest BCUT2D eigenvalue weighted by atomic mass is 16.3. The number of piperidine rings is 1. The molecule has 4 nitrogen and oxygen atoms in total. The molecular weight excluding hydrogens is 218 g/mol. The van der Waals surface area contributed by atoms with Gasteiger partial charge < -0.3 is 14.4 Å². The summed E-state index contributed by atoms with van der Waals surface area (Å²) in [6, 6.07) is 1.64. The van der Waals surface area contributed by atoms with Crippen molar-refractivity contribution in [2.45, 2.75) is 45.3 Å². The molecule has 1 aromatic rings. The van der Waals surface area contributed by atoms with Gasteiger partial charge in [0.05, 0.1) is 24.0 Å². The third-order valence-corrected chi connectivity index (χ3v) is 3.46. The lowest BCUT2D eigenvalue weighted by atomic mass is 9.97. The van der Waals surface area contributed by atoms with Crippen molar-refractivity contribution in [3.8, 4) is 0 Å². The number of aryl methyl sites for hydroxylation is 1. The first-order chi connectivity index (χ1) is 8.11. The van der Waals surface area contributed by atoms with Crippen LogP contribution in [0.2, 0.25) is 0 Å². The standard InChI is InChI=1S/C13H19NO3/c1-9(15)12-5-3-4-7-14(12)13(16)11-6-8-17-10(11)2/h6,8-9,12,15H,3-5,7H2,1-2H3/t9-,12+/m0/s1. The van der Waals surface area contributed by atoms with E-state index in [2.05, 4.69) is 0 Å². The second-order valence-corrected chi connectivity index (χ2v) is 4.69. The zero-order chi connectivity index (χ0) is 12.4. The molecular formula is C13H19NO3.